The van der Waals surface area contributed by atoms with Gasteiger partial charge in [-0.2, -0.15) is 13.2 Å². The Kier molecular flexibility index (Phi) is 6.56. The summed E-state index contributed by atoms with van der Waals surface area (Å²) in [6, 6.07) is 4.56. The molecular formula is C24H28F4N4O2. The number of alkyl halides is 3. The number of nitrogens with one attached hydrogen (secondary N) is 1. The lowest BCUT2D eigenvalue weighted by Gasteiger charge is -2.31. The van der Waals surface area contributed by atoms with Crippen molar-refractivity contribution in [2.45, 2.75) is 50.9 Å². The van der Waals surface area contributed by atoms with Crippen LogP contribution in [-0.2, 0) is 11.0 Å². The van der Waals surface area contributed by atoms with Crippen LogP contribution in [0.15, 0.2) is 36.7 Å². The van der Waals surface area contributed by atoms with Gasteiger partial charge in [-0.05, 0) is 62.3 Å². The summed E-state index contributed by atoms with van der Waals surface area (Å²) in [6.07, 6.45) is -0.543. The highest BCUT2D eigenvalue weighted by Gasteiger charge is 2.41. The Balaban J connectivity index is 1.74. The second-order valence-corrected chi connectivity index (χ2v) is 9.63. The first-order chi connectivity index (χ1) is 16.0. The first kappa shape index (κ1) is 24.4. The molecule has 34 heavy (non-hydrogen) atoms. The molecule has 2 fully saturated rings. The van der Waals surface area contributed by atoms with Gasteiger partial charge in [0.25, 0.3) is 5.91 Å². The van der Waals surface area contributed by atoms with Crippen LogP contribution in [0.1, 0.15) is 60.7 Å². The molecule has 2 heterocycles. The van der Waals surface area contributed by atoms with E-state index in [9.17, 15) is 18.0 Å². The van der Waals surface area contributed by atoms with Crippen molar-refractivity contribution < 1.29 is 27.2 Å². The Hall–Kier alpha value is -2.72. The second-order valence-electron chi connectivity index (χ2n) is 9.63. The standard InChI is InChI=1S/C24H28F4N4O2/c1-14(15-5-6-15)21(34-31-22(33)16-4-3-8-30-12-16)18-10-17(24(26,27)28)11-19(25)20(18)32-9-7-23(2,29)13-32/h3-4,8,10-12,14-15,21H,5-7,9,13,29H2,1-2H3,(H,31,33)/t14-,21?,23-/m0/s1. The number of anilines is 1. The summed E-state index contributed by atoms with van der Waals surface area (Å²) in [5.74, 6) is -1.64. The molecular weight excluding hydrogens is 452 g/mol. The fourth-order valence-electron chi connectivity index (χ4n) is 4.51. The molecule has 184 valence electrons. The lowest BCUT2D eigenvalue weighted by molar-refractivity contribution is -0.138. The number of rotatable bonds is 7. The maximum atomic E-state index is 15.3. The molecule has 0 bridgehead atoms. The lowest BCUT2D eigenvalue weighted by atomic mass is 9.90. The fraction of sp³-hybridized carbons (Fsp3) is 0.500. The SMILES string of the molecule is C[C@@H](C1CC1)C(ONC(=O)c1cccnc1)c1cc(C(F)(F)F)cc(F)c1N1CC[C@](C)(N)C1. The summed E-state index contributed by atoms with van der Waals surface area (Å²) in [4.78, 5) is 23.9. The number of halogens is 4. The van der Waals surface area contributed by atoms with Crippen LogP contribution >= 0.6 is 0 Å². The number of nitrogens with two attached hydrogens (primary N) is 1. The van der Waals surface area contributed by atoms with Gasteiger partial charge in [0.05, 0.1) is 16.8 Å². The zero-order chi connectivity index (χ0) is 24.7. The Morgan fingerprint density at radius 3 is 2.65 bits per heavy atom. The predicted molar refractivity (Wildman–Crippen MR) is 118 cm³/mol. The maximum absolute atomic E-state index is 15.3. The van der Waals surface area contributed by atoms with Crippen LogP contribution in [0.25, 0.3) is 0 Å². The van der Waals surface area contributed by atoms with Crippen molar-refractivity contribution in [3.8, 4) is 0 Å². The van der Waals surface area contributed by atoms with Crippen LogP contribution in [0.4, 0.5) is 23.2 Å². The van der Waals surface area contributed by atoms with Gasteiger partial charge in [-0.15, -0.1) is 0 Å². The molecule has 1 aromatic carbocycles. The number of hydroxylamine groups is 1. The average Bonchev–Trinajstić information content (AvgIpc) is 3.56. The first-order valence-electron chi connectivity index (χ1n) is 11.3. The molecule has 6 nitrogen and oxygen atoms in total. The van der Waals surface area contributed by atoms with Gasteiger partial charge in [-0.3, -0.25) is 14.6 Å². The van der Waals surface area contributed by atoms with Crippen LogP contribution in [0.2, 0.25) is 0 Å². The minimum atomic E-state index is -4.74. The highest BCUT2D eigenvalue weighted by Crippen LogP contribution is 2.48. The molecule has 1 amide bonds. The quantitative estimate of drug-likeness (QED) is 0.447. The van der Waals surface area contributed by atoms with Crippen molar-refractivity contribution >= 4 is 11.6 Å². The molecule has 10 heteroatoms. The second kappa shape index (κ2) is 9.14. The van der Waals surface area contributed by atoms with Crippen molar-refractivity contribution in [1.82, 2.24) is 10.5 Å². The number of benzene rings is 1. The summed E-state index contributed by atoms with van der Waals surface area (Å²) in [5.41, 5.74) is 7.19. The Labute approximate surface area is 195 Å². The maximum Gasteiger partial charge on any atom is 0.416 e. The van der Waals surface area contributed by atoms with Crippen molar-refractivity contribution in [2.24, 2.45) is 17.6 Å². The topological polar surface area (TPSA) is 80.5 Å². The fourth-order valence-corrected chi connectivity index (χ4v) is 4.51. The number of carbonyl (C=O) groups excluding carboxylic acids is 1. The highest BCUT2D eigenvalue weighted by atomic mass is 19.4. The molecule has 4 rings (SSSR count). The van der Waals surface area contributed by atoms with E-state index in [1.54, 1.807) is 11.0 Å². The minimum absolute atomic E-state index is 0.0373. The predicted octanol–water partition coefficient (Wildman–Crippen LogP) is 4.62. The largest absolute Gasteiger partial charge is 0.416 e. The van der Waals surface area contributed by atoms with Crippen LogP contribution in [0, 0.1) is 17.7 Å². The normalized spacial score (nSPS) is 22.5. The molecule has 1 unspecified atom stereocenters. The first-order valence-corrected chi connectivity index (χ1v) is 11.3. The summed E-state index contributed by atoms with van der Waals surface area (Å²) >= 11 is 0. The van der Waals surface area contributed by atoms with E-state index in [0.29, 0.717) is 19.0 Å². The molecule has 1 aliphatic heterocycles. The van der Waals surface area contributed by atoms with Gasteiger partial charge in [0, 0.05) is 36.6 Å². The van der Waals surface area contributed by atoms with E-state index in [2.05, 4.69) is 10.5 Å². The summed E-state index contributed by atoms with van der Waals surface area (Å²) in [5, 5.41) is 0. The number of pyridine rings is 1. The molecule has 0 spiro atoms. The summed E-state index contributed by atoms with van der Waals surface area (Å²) in [7, 11) is 0. The van der Waals surface area contributed by atoms with E-state index >= 15 is 4.39 Å². The van der Waals surface area contributed by atoms with Crippen LogP contribution in [0.3, 0.4) is 0 Å². The van der Waals surface area contributed by atoms with Crippen molar-refractivity contribution in [3.63, 3.8) is 0 Å². The lowest BCUT2D eigenvalue weighted by Crippen LogP contribution is -2.39. The molecule has 3 N–H and O–H groups in total. The Morgan fingerprint density at radius 1 is 1.35 bits per heavy atom. The molecule has 3 atom stereocenters. The average molecular weight is 481 g/mol. The number of carbonyl (C=O) groups is 1. The van der Waals surface area contributed by atoms with Gasteiger partial charge in [0.15, 0.2) is 0 Å². The van der Waals surface area contributed by atoms with Crippen molar-refractivity contribution in [2.75, 3.05) is 18.0 Å². The number of aromatic nitrogens is 1. The van der Waals surface area contributed by atoms with Gasteiger partial charge in [0.2, 0.25) is 0 Å². The number of hydrogen-bond donors (Lipinski definition) is 2. The number of nitrogens with zero attached hydrogens (tertiary/aromatic N) is 2. The van der Waals surface area contributed by atoms with Crippen LogP contribution < -0.4 is 16.1 Å². The molecule has 1 aliphatic carbocycles. The van der Waals surface area contributed by atoms with Crippen LogP contribution in [0.5, 0.6) is 0 Å². The Bertz CT molecular complexity index is 1040. The van der Waals surface area contributed by atoms with Crippen molar-refractivity contribution in [3.05, 3.63) is 59.2 Å². The zero-order valence-electron chi connectivity index (χ0n) is 19.0. The van der Waals surface area contributed by atoms with E-state index in [0.717, 1.165) is 18.9 Å². The monoisotopic (exact) mass is 480 g/mol. The third-order valence-electron chi connectivity index (χ3n) is 6.59. The zero-order valence-corrected chi connectivity index (χ0v) is 19.0. The molecule has 1 saturated heterocycles. The summed E-state index contributed by atoms with van der Waals surface area (Å²) in [6.45, 7) is 4.35. The Morgan fingerprint density at radius 2 is 2.09 bits per heavy atom. The van der Waals surface area contributed by atoms with E-state index in [-0.39, 0.29) is 35.2 Å². The van der Waals surface area contributed by atoms with E-state index < -0.39 is 35.1 Å². The van der Waals surface area contributed by atoms with E-state index in [4.69, 9.17) is 10.6 Å². The van der Waals surface area contributed by atoms with Gasteiger partial charge in [-0.25, -0.2) is 9.87 Å². The van der Waals surface area contributed by atoms with Gasteiger partial charge >= 0.3 is 6.18 Å². The van der Waals surface area contributed by atoms with E-state index in [1.165, 1.54) is 18.5 Å². The van der Waals surface area contributed by atoms with Gasteiger partial charge in [0.1, 0.15) is 11.9 Å². The molecule has 1 saturated carbocycles. The van der Waals surface area contributed by atoms with Gasteiger partial charge in [-0.1, -0.05) is 6.92 Å². The smallest absolute Gasteiger partial charge is 0.367 e. The van der Waals surface area contributed by atoms with Crippen molar-refractivity contribution in [1.29, 1.82) is 0 Å². The third-order valence-corrected chi connectivity index (χ3v) is 6.59. The van der Waals surface area contributed by atoms with E-state index in [1.807, 2.05) is 13.8 Å². The minimum Gasteiger partial charge on any atom is -0.367 e. The number of amides is 1. The molecule has 2 aromatic rings. The molecule has 1 aromatic heterocycles. The van der Waals surface area contributed by atoms with Gasteiger partial charge < -0.3 is 10.6 Å². The highest BCUT2D eigenvalue weighted by molar-refractivity contribution is 5.93. The third kappa shape index (κ3) is 5.33. The number of hydrogen-bond acceptors (Lipinski definition) is 5. The molecule has 0 radical (unpaired) electrons. The molecule has 2 aliphatic rings. The summed E-state index contributed by atoms with van der Waals surface area (Å²) < 4.78 is 56.2. The van der Waals surface area contributed by atoms with Crippen LogP contribution in [-0.4, -0.2) is 29.5 Å².